The summed E-state index contributed by atoms with van der Waals surface area (Å²) in [7, 11) is 0. The Morgan fingerprint density at radius 1 is 1.33 bits per heavy atom. The van der Waals surface area contributed by atoms with E-state index >= 15 is 0 Å². The van der Waals surface area contributed by atoms with Gasteiger partial charge in [-0.1, -0.05) is 6.07 Å². The molecule has 0 fully saturated rings. The van der Waals surface area contributed by atoms with Gasteiger partial charge in [0, 0.05) is 0 Å². The molecule has 0 amide bonds. The summed E-state index contributed by atoms with van der Waals surface area (Å²) in [5, 5.41) is 17.3. The second-order valence-corrected chi connectivity index (χ2v) is 3.71. The normalized spacial score (nSPS) is 8.87. The first-order valence-corrected chi connectivity index (χ1v) is 4.86. The molecule has 2 nitrogen and oxygen atoms in total. The lowest BCUT2D eigenvalue weighted by Gasteiger charge is -2.02. The van der Waals surface area contributed by atoms with E-state index < -0.39 is 5.82 Å². The fourth-order valence-corrected chi connectivity index (χ4v) is 1.31. The van der Waals surface area contributed by atoms with Crippen LogP contribution in [0.4, 0.5) is 4.39 Å². The Labute approximate surface area is 95.4 Å². The molecule has 0 spiro atoms. The molecular weight excluding hydrogens is 259 g/mol. The van der Waals surface area contributed by atoms with Crippen LogP contribution in [0.1, 0.15) is 12.5 Å². The number of allylic oxidation sites excluding steroid dienone is 2. The van der Waals surface area contributed by atoms with Crippen molar-refractivity contribution in [3.8, 4) is 12.1 Å². The van der Waals surface area contributed by atoms with Gasteiger partial charge in [0.25, 0.3) is 0 Å². The highest BCUT2D eigenvalue weighted by Gasteiger charge is 2.06. The minimum absolute atomic E-state index is 0.00303. The maximum Gasteiger partial charge on any atom is 0.137 e. The molecule has 0 unspecified atom stereocenters. The molecule has 0 bridgehead atoms. The summed E-state index contributed by atoms with van der Waals surface area (Å²) in [5.74, 6) is -0.415. The van der Waals surface area contributed by atoms with Crippen LogP contribution in [0, 0.1) is 28.5 Å². The SMILES string of the molecule is CC(=C(C#N)C#N)c1ccc(Br)c(F)c1. The van der Waals surface area contributed by atoms with Crippen LogP contribution in [0.3, 0.4) is 0 Å². The Balaban J connectivity index is 3.32. The molecule has 4 heteroatoms. The third kappa shape index (κ3) is 2.43. The number of hydrogen-bond donors (Lipinski definition) is 0. The summed E-state index contributed by atoms with van der Waals surface area (Å²) >= 11 is 3.03. The van der Waals surface area contributed by atoms with E-state index in [0.29, 0.717) is 15.6 Å². The lowest BCUT2D eigenvalue weighted by Crippen LogP contribution is -1.87. The van der Waals surface area contributed by atoms with Gasteiger partial charge in [0.1, 0.15) is 23.5 Å². The molecule has 1 aromatic rings. The van der Waals surface area contributed by atoms with Crippen LogP contribution in [-0.4, -0.2) is 0 Å². The van der Waals surface area contributed by atoms with Gasteiger partial charge in [-0.2, -0.15) is 10.5 Å². The van der Waals surface area contributed by atoms with Crippen molar-refractivity contribution in [3.63, 3.8) is 0 Å². The maximum atomic E-state index is 13.2. The van der Waals surface area contributed by atoms with Crippen molar-refractivity contribution < 1.29 is 4.39 Å². The van der Waals surface area contributed by atoms with Crippen LogP contribution in [0.5, 0.6) is 0 Å². The van der Waals surface area contributed by atoms with Crippen LogP contribution >= 0.6 is 15.9 Å². The second kappa shape index (κ2) is 4.72. The number of nitriles is 2. The molecule has 0 heterocycles. The van der Waals surface area contributed by atoms with E-state index in [0.717, 1.165) is 0 Å². The highest BCUT2D eigenvalue weighted by molar-refractivity contribution is 9.10. The number of halogens is 2. The highest BCUT2D eigenvalue weighted by atomic mass is 79.9. The third-order valence-corrected chi connectivity index (χ3v) is 2.59. The average molecular weight is 265 g/mol. The smallest absolute Gasteiger partial charge is 0.137 e. The molecule has 1 aromatic carbocycles. The molecule has 0 atom stereocenters. The fourth-order valence-electron chi connectivity index (χ4n) is 1.07. The van der Waals surface area contributed by atoms with Crippen molar-refractivity contribution in [2.24, 2.45) is 0 Å². The molecule has 0 radical (unpaired) electrons. The van der Waals surface area contributed by atoms with Gasteiger partial charge in [0.15, 0.2) is 0 Å². The monoisotopic (exact) mass is 264 g/mol. The van der Waals surface area contributed by atoms with Crippen molar-refractivity contribution in [2.75, 3.05) is 0 Å². The first kappa shape index (κ1) is 11.4. The van der Waals surface area contributed by atoms with E-state index in [4.69, 9.17) is 10.5 Å². The molecule has 0 N–H and O–H groups in total. The molecule has 74 valence electrons. The van der Waals surface area contributed by atoms with Gasteiger partial charge in [-0.3, -0.25) is 0 Å². The largest absolute Gasteiger partial charge is 0.206 e. The van der Waals surface area contributed by atoms with Gasteiger partial charge < -0.3 is 0 Å². The van der Waals surface area contributed by atoms with Crippen molar-refractivity contribution >= 4 is 21.5 Å². The van der Waals surface area contributed by atoms with Gasteiger partial charge in [0.2, 0.25) is 0 Å². The predicted octanol–water partition coefficient (Wildman–Crippen LogP) is 3.41. The van der Waals surface area contributed by atoms with Crippen LogP contribution in [0.2, 0.25) is 0 Å². The summed E-state index contributed by atoms with van der Waals surface area (Å²) in [6.45, 7) is 1.62. The Hall–Kier alpha value is -1.65. The molecule has 0 saturated heterocycles. The summed E-state index contributed by atoms with van der Waals surface area (Å²) in [4.78, 5) is 0. The summed E-state index contributed by atoms with van der Waals surface area (Å²) < 4.78 is 13.5. The Morgan fingerprint density at radius 2 is 1.93 bits per heavy atom. The van der Waals surface area contributed by atoms with Crippen LogP contribution in [-0.2, 0) is 0 Å². The molecule has 0 saturated carbocycles. The summed E-state index contributed by atoms with van der Waals surface area (Å²) in [6, 6.07) is 8.01. The van der Waals surface area contributed by atoms with Gasteiger partial charge in [-0.25, -0.2) is 4.39 Å². The van der Waals surface area contributed by atoms with Crippen molar-refractivity contribution in [1.29, 1.82) is 10.5 Å². The maximum absolute atomic E-state index is 13.2. The second-order valence-electron chi connectivity index (χ2n) is 2.85. The Morgan fingerprint density at radius 3 is 2.40 bits per heavy atom. The molecule has 0 aliphatic rings. The van der Waals surface area contributed by atoms with E-state index in [1.54, 1.807) is 31.2 Å². The zero-order valence-electron chi connectivity index (χ0n) is 7.88. The van der Waals surface area contributed by atoms with Crippen LogP contribution in [0.25, 0.3) is 5.57 Å². The van der Waals surface area contributed by atoms with Crippen molar-refractivity contribution in [2.45, 2.75) is 6.92 Å². The first-order chi connectivity index (χ1) is 7.10. The first-order valence-electron chi connectivity index (χ1n) is 4.06. The average Bonchev–Trinajstić information content (AvgIpc) is 2.23. The third-order valence-electron chi connectivity index (χ3n) is 1.95. The van der Waals surface area contributed by atoms with E-state index in [-0.39, 0.29) is 5.57 Å². The van der Waals surface area contributed by atoms with Crippen LogP contribution < -0.4 is 0 Å². The van der Waals surface area contributed by atoms with Gasteiger partial charge in [-0.15, -0.1) is 0 Å². The standard InChI is InChI=1S/C11H6BrFN2/c1-7(9(5-14)6-15)8-2-3-10(12)11(13)4-8/h2-4H,1H3. The van der Waals surface area contributed by atoms with Gasteiger partial charge in [-0.05, 0) is 46.1 Å². The van der Waals surface area contributed by atoms with Crippen LogP contribution in [0.15, 0.2) is 28.2 Å². The topological polar surface area (TPSA) is 47.6 Å². The van der Waals surface area contributed by atoms with E-state index in [9.17, 15) is 4.39 Å². The molecule has 0 aromatic heterocycles. The lowest BCUT2D eigenvalue weighted by molar-refractivity contribution is 0.620. The number of hydrogen-bond acceptors (Lipinski definition) is 2. The van der Waals surface area contributed by atoms with E-state index in [1.165, 1.54) is 6.07 Å². The minimum Gasteiger partial charge on any atom is -0.206 e. The zero-order valence-corrected chi connectivity index (χ0v) is 9.47. The molecule has 1 rings (SSSR count). The van der Waals surface area contributed by atoms with Crippen molar-refractivity contribution in [3.05, 3.63) is 39.6 Å². The number of benzene rings is 1. The number of rotatable bonds is 1. The molecule has 0 aliphatic heterocycles. The van der Waals surface area contributed by atoms with E-state index in [2.05, 4.69) is 15.9 Å². The van der Waals surface area contributed by atoms with Gasteiger partial charge >= 0.3 is 0 Å². The minimum atomic E-state index is -0.415. The van der Waals surface area contributed by atoms with E-state index in [1.807, 2.05) is 0 Å². The molecule has 15 heavy (non-hydrogen) atoms. The Kier molecular flexibility index (Phi) is 3.60. The van der Waals surface area contributed by atoms with Crippen molar-refractivity contribution in [1.82, 2.24) is 0 Å². The predicted molar refractivity (Wildman–Crippen MR) is 57.9 cm³/mol. The molecular formula is C11H6BrFN2. The number of nitrogens with zero attached hydrogens (tertiary/aromatic N) is 2. The summed E-state index contributed by atoms with van der Waals surface area (Å²) in [6.07, 6.45) is 0. The highest BCUT2D eigenvalue weighted by Crippen LogP contribution is 2.22. The lowest BCUT2D eigenvalue weighted by atomic mass is 10.0. The summed E-state index contributed by atoms with van der Waals surface area (Å²) in [5.41, 5.74) is 1.01. The fraction of sp³-hybridized carbons (Fsp3) is 0.0909. The Bertz CT molecular complexity index is 490. The van der Waals surface area contributed by atoms with Gasteiger partial charge in [0.05, 0.1) is 4.47 Å². The quantitative estimate of drug-likeness (QED) is 0.730. The molecule has 0 aliphatic carbocycles. The zero-order chi connectivity index (χ0) is 11.4.